The number of hydrogen-bond donors (Lipinski definition) is 0. The number of hydrogen-bond acceptors (Lipinski definition) is 5. The number of anilines is 1. The van der Waals surface area contributed by atoms with Crippen LogP contribution in [-0.4, -0.2) is 17.1 Å². The smallest absolute Gasteiger partial charge is 0.272 e. The second-order valence-electron chi connectivity index (χ2n) is 4.89. The van der Waals surface area contributed by atoms with Crippen LogP contribution < -0.4 is 4.90 Å². The third-order valence-electron chi connectivity index (χ3n) is 3.39. The van der Waals surface area contributed by atoms with Gasteiger partial charge in [-0.2, -0.15) is 0 Å². The van der Waals surface area contributed by atoms with Crippen molar-refractivity contribution in [3.05, 3.63) is 50.9 Å². The zero-order chi connectivity index (χ0) is 14.9. The highest BCUT2D eigenvalue weighted by molar-refractivity contribution is 5.55. The summed E-state index contributed by atoms with van der Waals surface area (Å²) in [6.45, 7) is 6.18. The van der Waals surface area contributed by atoms with Crippen LogP contribution in [0.5, 0.6) is 0 Å². The Hall–Kier alpha value is -2.37. The van der Waals surface area contributed by atoms with Crippen LogP contribution in [0.1, 0.15) is 22.6 Å². The number of nitrogens with zero attached hydrogens (tertiary/aromatic N) is 3. The molecule has 1 heterocycles. The third-order valence-corrected chi connectivity index (χ3v) is 3.39. The molecule has 0 aliphatic rings. The molecule has 2 rings (SSSR count). The largest absolute Gasteiger partial charge is 0.370 e. The van der Waals surface area contributed by atoms with Crippen molar-refractivity contribution in [1.82, 2.24) is 5.16 Å². The van der Waals surface area contributed by atoms with Crippen LogP contribution in [-0.2, 0) is 6.54 Å². The molecule has 0 fully saturated rings. The standard InChI is InChI=1S/C14H17N3O3/c1-9-7-12(5-6-14(9)17(18)19)16(4)8-13-10(2)15-20-11(13)3/h5-7H,8H2,1-4H3. The van der Waals surface area contributed by atoms with E-state index in [-0.39, 0.29) is 10.6 Å². The van der Waals surface area contributed by atoms with Crippen molar-refractivity contribution in [3.8, 4) is 0 Å². The van der Waals surface area contributed by atoms with Crippen molar-refractivity contribution in [2.75, 3.05) is 11.9 Å². The first kappa shape index (κ1) is 14.0. The molecule has 0 atom stereocenters. The third kappa shape index (κ3) is 2.64. The molecule has 20 heavy (non-hydrogen) atoms. The fourth-order valence-corrected chi connectivity index (χ4v) is 2.14. The van der Waals surface area contributed by atoms with Crippen LogP contribution in [0.2, 0.25) is 0 Å². The topological polar surface area (TPSA) is 72.4 Å². The number of aryl methyl sites for hydroxylation is 3. The molecule has 0 amide bonds. The van der Waals surface area contributed by atoms with Gasteiger partial charge in [0.25, 0.3) is 5.69 Å². The summed E-state index contributed by atoms with van der Waals surface area (Å²) in [7, 11) is 1.94. The summed E-state index contributed by atoms with van der Waals surface area (Å²) in [6, 6.07) is 5.11. The first-order valence-corrected chi connectivity index (χ1v) is 6.28. The summed E-state index contributed by atoms with van der Waals surface area (Å²) in [5.74, 6) is 0.799. The van der Waals surface area contributed by atoms with E-state index < -0.39 is 0 Å². The van der Waals surface area contributed by atoms with E-state index in [1.54, 1.807) is 13.0 Å². The number of benzene rings is 1. The quantitative estimate of drug-likeness (QED) is 0.633. The van der Waals surface area contributed by atoms with Gasteiger partial charge in [0.1, 0.15) is 5.76 Å². The van der Waals surface area contributed by atoms with Gasteiger partial charge in [0.05, 0.1) is 10.6 Å². The van der Waals surface area contributed by atoms with Gasteiger partial charge in [-0.3, -0.25) is 10.1 Å². The fourth-order valence-electron chi connectivity index (χ4n) is 2.14. The predicted molar refractivity (Wildman–Crippen MR) is 75.9 cm³/mol. The molecule has 0 unspecified atom stereocenters. The lowest BCUT2D eigenvalue weighted by atomic mass is 10.1. The van der Waals surface area contributed by atoms with Gasteiger partial charge in [0, 0.05) is 36.5 Å². The molecule has 0 spiro atoms. The Bertz CT molecular complexity index is 630. The highest BCUT2D eigenvalue weighted by Gasteiger charge is 2.15. The lowest BCUT2D eigenvalue weighted by molar-refractivity contribution is -0.385. The molecule has 106 valence electrons. The van der Waals surface area contributed by atoms with Gasteiger partial charge in [-0.15, -0.1) is 0 Å². The van der Waals surface area contributed by atoms with Gasteiger partial charge in [-0.05, 0) is 32.9 Å². The summed E-state index contributed by atoms with van der Waals surface area (Å²) >= 11 is 0. The minimum Gasteiger partial charge on any atom is -0.370 e. The zero-order valence-electron chi connectivity index (χ0n) is 12.0. The molecule has 1 aromatic carbocycles. The van der Waals surface area contributed by atoms with Crippen LogP contribution >= 0.6 is 0 Å². The maximum atomic E-state index is 10.8. The molecule has 1 aromatic heterocycles. The maximum Gasteiger partial charge on any atom is 0.272 e. The normalized spacial score (nSPS) is 10.6. The minimum atomic E-state index is -0.368. The summed E-state index contributed by atoms with van der Waals surface area (Å²) < 4.78 is 5.14. The fraction of sp³-hybridized carbons (Fsp3) is 0.357. The molecule has 0 aliphatic heterocycles. The molecule has 0 aliphatic carbocycles. The van der Waals surface area contributed by atoms with E-state index in [1.165, 1.54) is 6.07 Å². The summed E-state index contributed by atoms with van der Waals surface area (Å²) in [5, 5.41) is 14.7. The molecule has 6 nitrogen and oxygen atoms in total. The van der Waals surface area contributed by atoms with Crippen molar-refractivity contribution in [2.45, 2.75) is 27.3 Å². The Morgan fingerprint density at radius 1 is 1.35 bits per heavy atom. The lowest BCUT2D eigenvalue weighted by Crippen LogP contribution is -2.17. The molecule has 0 bridgehead atoms. The summed E-state index contributed by atoms with van der Waals surface area (Å²) in [5.41, 5.74) is 3.63. The van der Waals surface area contributed by atoms with Crippen LogP contribution in [0, 0.1) is 30.9 Å². The first-order chi connectivity index (χ1) is 9.40. The summed E-state index contributed by atoms with van der Waals surface area (Å²) in [4.78, 5) is 12.5. The average Bonchev–Trinajstić information content (AvgIpc) is 2.70. The van der Waals surface area contributed by atoms with Gasteiger partial charge in [0.15, 0.2) is 0 Å². The van der Waals surface area contributed by atoms with Crippen molar-refractivity contribution >= 4 is 11.4 Å². The predicted octanol–water partition coefficient (Wildman–Crippen LogP) is 3.14. The number of nitro benzene ring substituents is 1. The summed E-state index contributed by atoms with van der Waals surface area (Å²) in [6.07, 6.45) is 0. The van der Waals surface area contributed by atoms with Gasteiger partial charge < -0.3 is 9.42 Å². The maximum absolute atomic E-state index is 10.8. The highest BCUT2D eigenvalue weighted by atomic mass is 16.6. The lowest BCUT2D eigenvalue weighted by Gasteiger charge is -2.19. The van der Waals surface area contributed by atoms with Crippen molar-refractivity contribution < 1.29 is 9.45 Å². The average molecular weight is 275 g/mol. The molecular weight excluding hydrogens is 258 g/mol. The molecular formula is C14H17N3O3. The van der Waals surface area contributed by atoms with Crippen LogP contribution in [0.4, 0.5) is 11.4 Å². The zero-order valence-corrected chi connectivity index (χ0v) is 12.0. The Labute approximate surface area is 117 Å². The Morgan fingerprint density at radius 3 is 2.55 bits per heavy atom. The molecule has 0 N–H and O–H groups in total. The molecule has 2 aromatic rings. The SMILES string of the molecule is Cc1cc(N(C)Cc2c(C)noc2C)ccc1[N+](=O)[O-]. The van der Waals surface area contributed by atoms with E-state index in [4.69, 9.17) is 4.52 Å². The first-order valence-electron chi connectivity index (χ1n) is 6.28. The highest BCUT2D eigenvalue weighted by Crippen LogP contribution is 2.25. The van der Waals surface area contributed by atoms with E-state index in [9.17, 15) is 10.1 Å². The Balaban J connectivity index is 2.24. The van der Waals surface area contributed by atoms with Gasteiger partial charge in [0.2, 0.25) is 0 Å². The molecule has 0 radical (unpaired) electrons. The van der Waals surface area contributed by atoms with Gasteiger partial charge in [-0.1, -0.05) is 5.16 Å². The van der Waals surface area contributed by atoms with Crippen molar-refractivity contribution in [1.29, 1.82) is 0 Å². The van der Waals surface area contributed by atoms with E-state index in [1.807, 2.05) is 31.9 Å². The monoisotopic (exact) mass is 275 g/mol. The molecule has 6 heteroatoms. The van der Waals surface area contributed by atoms with E-state index in [0.717, 1.165) is 22.7 Å². The molecule has 0 saturated heterocycles. The second kappa shape index (κ2) is 5.32. The van der Waals surface area contributed by atoms with Crippen LogP contribution in [0.25, 0.3) is 0 Å². The van der Waals surface area contributed by atoms with E-state index >= 15 is 0 Å². The Kier molecular flexibility index (Phi) is 3.74. The van der Waals surface area contributed by atoms with Crippen LogP contribution in [0.15, 0.2) is 22.7 Å². The van der Waals surface area contributed by atoms with E-state index in [0.29, 0.717) is 12.1 Å². The van der Waals surface area contributed by atoms with Crippen molar-refractivity contribution in [3.63, 3.8) is 0 Å². The number of nitro groups is 1. The number of aromatic nitrogens is 1. The molecule has 0 saturated carbocycles. The van der Waals surface area contributed by atoms with Crippen LogP contribution in [0.3, 0.4) is 0 Å². The number of rotatable bonds is 4. The second-order valence-corrected chi connectivity index (χ2v) is 4.89. The van der Waals surface area contributed by atoms with Crippen molar-refractivity contribution in [2.24, 2.45) is 0 Å². The minimum absolute atomic E-state index is 0.138. The van der Waals surface area contributed by atoms with E-state index in [2.05, 4.69) is 5.16 Å². The van der Waals surface area contributed by atoms with Gasteiger partial charge >= 0.3 is 0 Å². The Morgan fingerprint density at radius 2 is 2.05 bits per heavy atom. The van der Waals surface area contributed by atoms with Gasteiger partial charge in [-0.25, -0.2) is 0 Å².